The van der Waals surface area contributed by atoms with Crippen LogP contribution in [0, 0.1) is 17.3 Å². The van der Waals surface area contributed by atoms with Crippen molar-refractivity contribution in [2.75, 3.05) is 31.1 Å². The molecule has 3 amide bonds. The van der Waals surface area contributed by atoms with Crippen molar-refractivity contribution < 1.29 is 19.1 Å². The van der Waals surface area contributed by atoms with E-state index in [2.05, 4.69) is 16.3 Å². The normalized spacial score (nSPS) is 23.8. The number of likely N-dealkylation sites (tertiary alicyclic amines) is 1. The molecule has 1 spiro atoms. The van der Waals surface area contributed by atoms with Gasteiger partial charge in [-0.05, 0) is 89.3 Å². The quantitative estimate of drug-likeness (QED) is 0.583. The molecule has 40 heavy (non-hydrogen) atoms. The second-order valence-corrected chi connectivity index (χ2v) is 13.6. The monoisotopic (exact) mass is 551 g/mol. The van der Waals surface area contributed by atoms with E-state index in [1.165, 1.54) is 23.8 Å². The first kappa shape index (κ1) is 26.9. The summed E-state index contributed by atoms with van der Waals surface area (Å²) in [5.41, 5.74) is 2.35. The zero-order valence-electron chi connectivity index (χ0n) is 24.1. The average molecular weight is 552 g/mol. The molecule has 1 atom stereocenters. The summed E-state index contributed by atoms with van der Waals surface area (Å²) in [6.07, 6.45) is 6.30. The van der Waals surface area contributed by atoms with Crippen LogP contribution < -0.4 is 15.9 Å². The molecule has 4 aliphatic rings. The van der Waals surface area contributed by atoms with E-state index in [9.17, 15) is 19.2 Å². The Morgan fingerprint density at radius 3 is 2.38 bits per heavy atom. The number of carbonyl (C=O) groups excluding carboxylic acids is 3. The second-order valence-electron chi connectivity index (χ2n) is 13.6. The first-order valence-electron chi connectivity index (χ1n) is 14.7. The SMILES string of the molecule is Cn1c(=O)n(C2CCC(=O)NC2=O)c2ccc(N3CC4(CC(CC5CCN(C(=O)OC(C)(C)C)CC5)C4)C3)cc21. The number of carbonyl (C=O) groups is 3. The number of amides is 3. The van der Waals surface area contributed by atoms with Gasteiger partial charge in [0.05, 0.1) is 11.0 Å². The fraction of sp³-hybridized carbons (Fsp3) is 0.667. The molecule has 2 aromatic rings. The molecule has 0 bridgehead atoms. The fourth-order valence-electron chi connectivity index (χ4n) is 7.46. The molecule has 4 fully saturated rings. The first-order chi connectivity index (χ1) is 18.9. The number of piperidine rings is 2. The lowest BCUT2D eigenvalue weighted by atomic mass is 9.55. The van der Waals surface area contributed by atoms with Gasteiger partial charge in [0.1, 0.15) is 11.6 Å². The molecule has 1 aromatic heterocycles. The maximum Gasteiger partial charge on any atom is 0.410 e. The van der Waals surface area contributed by atoms with E-state index in [4.69, 9.17) is 4.74 Å². The highest BCUT2D eigenvalue weighted by atomic mass is 16.6. The van der Waals surface area contributed by atoms with Crippen LogP contribution in [0.5, 0.6) is 0 Å². The largest absolute Gasteiger partial charge is 0.444 e. The number of anilines is 1. The van der Waals surface area contributed by atoms with Crippen molar-refractivity contribution in [3.05, 3.63) is 28.7 Å². The third-order valence-electron chi connectivity index (χ3n) is 9.39. The summed E-state index contributed by atoms with van der Waals surface area (Å²) in [5, 5.41) is 2.37. The molecule has 0 radical (unpaired) electrons. The topological polar surface area (TPSA) is 106 Å². The molecular weight excluding hydrogens is 510 g/mol. The highest BCUT2D eigenvalue weighted by Gasteiger charge is 2.52. The highest BCUT2D eigenvalue weighted by Crippen LogP contribution is 2.55. The molecule has 3 saturated heterocycles. The maximum absolute atomic E-state index is 13.1. The molecule has 10 nitrogen and oxygen atoms in total. The lowest BCUT2D eigenvalue weighted by molar-refractivity contribution is -0.135. The van der Waals surface area contributed by atoms with Gasteiger partial charge >= 0.3 is 11.8 Å². The van der Waals surface area contributed by atoms with Gasteiger partial charge in [0, 0.05) is 50.7 Å². The standard InChI is InChI=1S/C30H41N5O5/c1-29(2,3)40-28(39)33-11-9-19(10-12-33)13-20-15-30(16-20)17-34(18-30)21-5-6-22-24(14-21)32(4)27(38)35(22)23-7-8-25(36)31-26(23)37/h5-6,14,19-20,23H,7-13,15-18H2,1-4H3,(H,31,36,37). The van der Waals surface area contributed by atoms with Crippen LogP contribution in [0.15, 0.2) is 23.0 Å². The molecule has 10 heteroatoms. The number of nitrogens with zero attached hydrogens (tertiary/aromatic N) is 4. The highest BCUT2D eigenvalue weighted by molar-refractivity contribution is 6.00. The van der Waals surface area contributed by atoms with Crippen molar-refractivity contribution in [3.63, 3.8) is 0 Å². The molecule has 216 valence electrons. The molecule has 4 heterocycles. The van der Waals surface area contributed by atoms with Gasteiger partial charge in [-0.2, -0.15) is 0 Å². The Bertz CT molecular complexity index is 1400. The Labute approximate surface area is 234 Å². The van der Waals surface area contributed by atoms with E-state index >= 15 is 0 Å². The smallest absolute Gasteiger partial charge is 0.410 e. The zero-order chi connectivity index (χ0) is 28.4. The Morgan fingerprint density at radius 1 is 1.02 bits per heavy atom. The number of imide groups is 1. The van der Waals surface area contributed by atoms with Crippen molar-refractivity contribution in [3.8, 4) is 0 Å². The van der Waals surface area contributed by atoms with Crippen molar-refractivity contribution in [2.45, 2.75) is 77.4 Å². The van der Waals surface area contributed by atoms with Gasteiger partial charge in [0.25, 0.3) is 0 Å². The lowest BCUT2D eigenvalue weighted by Crippen LogP contribution is -2.62. The van der Waals surface area contributed by atoms with Crippen molar-refractivity contribution in [2.24, 2.45) is 24.3 Å². The van der Waals surface area contributed by atoms with Crippen LogP contribution in [0.4, 0.5) is 10.5 Å². The van der Waals surface area contributed by atoms with Crippen LogP contribution in [0.1, 0.15) is 71.8 Å². The van der Waals surface area contributed by atoms with Gasteiger partial charge in [-0.3, -0.25) is 24.0 Å². The summed E-state index contributed by atoms with van der Waals surface area (Å²) in [5.74, 6) is 0.762. The van der Waals surface area contributed by atoms with Crippen LogP contribution in [-0.4, -0.2) is 63.7 Å². The van der Waals surface area contributed by atoms with Gasteiger partial charge < -0.3 is 14.5 Å². The summed E-state index contributed by atoms with van der Waals surface area (Å²) in [6, 6.07) is 5.38. The van der Waals surface area contributed by atoms with E-state index < -0.39 is 17.6 Å². The van der Waals surface area contributed by atoms with E-state index in [1.807, 2.05) is 37.8 Å². The van der Waals surface area contributed by atoms with Crippen LogP contribution >= 0.6 is 0 Å². The molecule has 1 saturated carbocycles. The van der Waals surface area contributed by atoms with Crippen LogP contribution in [-0.2, 0) is 21.4 Å². The number of rotatable bonds is 4. The Balaban J connectivity index is 1.02. The number of ether oxygens (including phenoxy) is 1. The van der Waals surface area contributed by atoms with Crippen molar-refractivity contribution in [1.82, 2.24) is 19.4 Å². The van der Waals surface area contributed by atoms with Gasteiger partial charge in [0.15, 0.2) is 0 Å². The van der Waals surface area contributed by atoms with Crippen LogP contribution in [0.3, 0.4) is 0 Å². The summed E-state index contributed by atoms with van der Waals surface area (Å²) in [7, 11) is 1.74. The first-order valence-corrected chi connectivity index (χ1v) is 14.7. The predicted molar refractivity (Wildman–Crippen MR) is 151 cm³/mol. The number of imidazole rings is 1. The molecule has 1 aromatic carbocycles. The molecule has 3 aliphatic heterocycles. The fourth-order valence-corrected chi connectivity index (χ4v) is 7.46. The number of fused-ring (bicyclic) bond motifs is 1. The summed E-state index contributed by atoms with van der Waals surface area (Å²) in [4.78, 5) is 53.7. The molecular formula is C30H41N5O5. The van der Waals surface area contributed by atoms with Crippen LogP contribution in [0.25, 0.3) is 11.0 Å². The zero-order valence-corrected chi connectivity index (χ0v) is 24.1. The number of benzene rings is 1. The Morgan fingerprint density at radius 2 is 1.73 bits per heavy atom. The van der Waals surface area contributed by atoms with E-state index in [0.29, 0.717) is 17.8 Å². The molecule has 1 unspecified atom stereocenters. The minimum absolute atomic E-state index is 0.186. The number of aryl methyl sites for hydroxylation is 1. The lowest BCUT2D eigenvalue weighted by Gasteiger charge is -2.60. The Hall–Kier alpha value is -3.30. The number of aromatic nitrogens is 2. The number of hydrogen-bond donors (Lipinski definition) is 1. The molecule has 1 N–H and O–H groups in total. The van der Waals surface area contributed by atoms with Gasteiger partial charge in [-0.15, -0.1) is 0 Å². The third kappa shape index (κ3) is 4.90. The average Bonchev–Trinajstić information content (AvgIpc) is 3.08. The van der Waals surface area contributed by atoms with Crippen molar-refractivity contribution in [1.29, 1.82) is 0 Å². The second kappa shape index (κ2) is 9.66. The predicted octanol–water partition coefficient (Wildman–Crippen LogP) is 3.57. The van der Waals surface area contributed by atoms with E-state index in [-0.39, 0.29) is 24.1 Å². The summed E-state index contributed by atoms with van der Waals surface area (Å²) in [6.45, 7) is 9.39. The van der Waals surface area contributed by atoms with Crippen LogP contribution in [0.2, 0.25) is 0 Å². The summed E-state index contributed by atoms with van der Waals surface area (Å²) < 4.78 is 8.67. The van der Waals surface area contributed by atoms with E-state index in [1.54, 1.807) is 11.6 Å². The summed E-state index contributed by atoms with van der Waals surface area (Å²) >= 11 is 0. The van der Waals surface area contributed by atoms with Crippen molar-refractivity contribution >= 4 is 34.6 Å². The van der Waals surface area contributed by atoms with Gasteiger partial charge in [-0.25, -0.2) is 9.59 Å². The number of nitrogens with one attached hydrogen (secondary N) is 1. The minimum atomic E-state index is -0.663. The third-order valence-corrected chi connectivity index (χ3v) is 9.39. The van der Waals surface area contributed by atoms with Gasteiger partial charge in [-0.1, -0.05) is 0 Å². The number of hydrogen-bond acceptors (Lipinski definition) is 6. The Kier molecular flexibility index (Phi) is 6.50. The minimum Gasteiger partial charge on any atom is -0.444 e. The van der Waals surface area contributed by atoms with E-state index in [0.717, 1.165) is 61.7 Å². The van der Waals surface area contributed by atoms with Gasteiger partial charge in [0.2, 0.25) is 11.8 Å². The molecule has 1 aliphatic carbocycles. The maximum atomic E-state index is 13.1. The molecule has 6 rings (SSSR count).